The normalized spacial score (nSPS) is 22.4. The molecule has 2 rings (SSSR count). The zero-order chi connectivity index (χ0) is 9.26. The molecule has 4 nitrogen and oxygen atoms in total. The van der Waals surface area contributed by atoms with Crippen molar-refractivity contribution in [3.63, 3.8) is 0 Å². The topological polar surface area (TPSA) is 47.0 Å². The van der Waals surface area contributed by atoms with Crippen LogP contribution in [0.5, 0.6) is 0 Å². The van der Waals surface area contributed by atoms with Gasteiger partial charge in [-0.15, -0.1) is 0 Å². The van der Waals surface area contributed by atoms with Gasteiger partial charge in [0.1, 0.15) is 0 Å². The first-order valence-corrected chi connectivity index (χ1v) is 4.64. The Labute approximate surface area is 76.5 Å². The molecule has 0 amide bonds. The van der Waals surface area contributed by atoms with Gasteiger partial charge in [-0.2, -0.15) is 0 Å². The number of nitrogens with zero attached hydrogens (tertiary/aromatic N) is 1. The van der Waals surface area contributed by atoms with E-state index in [1.165, 1.54) is 0 Å². The van der Waals surface area contributed by atoms with Crippen LogP contribution in [-0.4, -0.2) is 22.5 Å². The average Bonchev–Trinajstić information content (AvgIpc) is 2.63. The van der Waals surface area contributed by atoms with Crippen LogP contribution in [0.4, 0.5) is 0 Å². The highest BCUT2D eigenvalue weighted by atomic mass is 16.5. The van der Waals surface area contributed by atoms with E-state index in [4.69, 9.17) is 4.74 Å². The molecule has 0 unspecified atom stereocenters. The molecule has 1 fully saturated rings. The van der Waals surface area contributed by atoms with Crippen molar-refractivity contribution < 1.29 is 4.74 Å². The summed E-state index contributed by atoms with van der Waals surface area (Å²) in [4.78, 5) is 11.3. The molecule has 1 aliphatic rings. The summed E-state index contributed by atoms with van der Waals surface area (Å²) in [6.07, 6.45) is 2.39. The van der Waals surface area contributed by atoms with Crippen LogP contribution in [0.1, 0.15) is 18.5 Å². The van der Waals surface area contributed by atoms with E-state index in [0.29, 0.717) is 6.54 Å². The Kier molecular flexibility index (Phi) is 2.22. The Morgan fingerprint density at radius 3 is 3.15 bits per heavy atom. The molecule has 0 saturated carbocycles. The Balaban J connectivity index is 2.08. The summed E-state index contributed by atoms with van der Waals surface area (Å²) < 4.78 is 7.06. The van der Waals surface area contributed by atoms with Gasteiger partial charge in [-0.25, -0.2) is 0 Å². The van der Waals surface area contributed by atoms with Gasteiger partial charge in [-0.05, 0) is 19.8 Å². The van der Waals surface area contributed by atoms with Crippen LogP contribution < -0.4 is 5.56 Å². The first kappa shape index (κ1) is 8.56. The van der Waals surface area contributed by atoms with Gasteiger partial charge in [0, 0.05) is 18.4 Å². The van der Waals surface area contributed by atoms with Gasteiger partial charge < -0.3 is 4.74 Å². The lowest BCUT2D eigenvalue weighted by Gasteiger charge is -2.08. The maximum atomic E-state index is 11.3. The van der Waals surface area contributed by atoms with Crippen LogP contribution >= 0.6 is 0 Å². The van der Waals surface area contributed by atoms with Gasteiger partial charge >= 0.3 is 0 Å². The van der Waals surface area contributed by atoms with Crippen molar-refractivity contribution in [3.8, 4) is 0 Å². The monoisotopic (exact) mass is 182 g/mol. The maximum Gasteiger partial charge on any atom is 0.266 e. The van der Waals surface area contributed by atoms with Gasteiger partial charge in [0.2, 0.25) is 0 Å². The Morgan fingerprint density at radius 2 is 2.62 bits per heavy atom. The summed E-state index contributed by atoms with van der Waals surface area (Å²) >= 11 is 0. The first-order chi connectivity index (χ1) is 6.25. The number of hydrogen-bond donors (Lipinski definition) is 1. The van der Waals surface area contributed by atoms with Gasteiger partial charge in [0.25, 0.3) is 5.56 Å². The van der Waals surface area contributed by atoms with Gasteiger partial charge in [0.15, 0.2) is 0 Å². The Hall–Kier alpha value is -1.03. The molecule has 1 aliphatic heterocycles. The van der Waals surface area contributed by atoms with Crippen molar-refractivity contribution in [2.45, 2.75) is 32.4 Å². The molecule has 1 saturated heterocycles. The minimum absolute atomic E-state index is 0.0352. The fourth-order valence-electron chi connectivity index (χ4n) is 1.69. The quantitative estimate of drug-likeness (QED) is 0.730. The van der Waals surface area contributed by atoms with Crippen molar-refractivity contribution >= 4 is 0 Å². The van der Waals surface area contributed by atoms with Crippen LogP contribution in [-0.2, 0) is 11.3 Å². The van der Waals surface area contributed by atoms with Gasteiger partial charge in [0.05, 0.1) is 12.6 Å². The molecule has 1 aromatic rings. The van der Waals surface area contributed by atoms with Gasteiger partial charge in [-0.1, -0.05) is 0 Å². The number of hydrogen-bond acceptors (Lipinski definition) is 2. The predicted molar refractivity (Wildman–Crippen MR) is 48.8 cm³/mol. The van der Waals surface area contributed by atoms with Crippen LogP contribution in [0.3, 0.4) is 0 Å². The molecule has 0 aromatic carbocycles. The molecule has 13 heavy (non-hydrogen) atoms. The largest absolute Gasteiger partial charge is 0.376 e. The van der Waals surface area contributed by atoms with Gasteiger partial charge in [-0.3, -0.25) is 14.6 Å². The lowest BCUT2D eigenvalue weighted by Crippen LogP contribution is -2.24. The second-order valence-electron chi connectivity index (χ2n) is 3.52. The summed E-state index contributed by atoms with van der Waals surface area (Å²) in [7, 11) is 0. The van der Waals surface area contributed by atoms with E-state index in [1.807, 2.05) is 6.92 Å². The van der Waals surface area contributed by atoms with Crippen molar-refractivity contribution in [1.29, 1.82) is 0 Å². The van der Waals surface area contributed by atoms with Crippen molar-refractivity contribution in [2.75, 3.05) is 6.61 Å². The molecular formula is C9H14N2O2. The van der Waals surface area contributed by atoms with Crippen molar-refractivity contribution in [3.05, 3.63) is 22.1 Å². The van der Waals surface area contributed by atoms with E-state index in [9.17, 15) is 4.79 Å². The number of nitrogens with one attached hydrogen (secondary N) is 1. The second-order valence-corrected chi connectivity index (χ2v) is 3.52. The van der Waals surface area contributed by atoms with Crippen LogP contribution in [0.2, 0.25) is 0 Å². The van der Waals surface area contributed by atoms with Crippen LogP contribution in [0, 0.1) is 6.92 Å². The minimum Gasteiger partial charge on any atom is -0.376 e. The molecule has 1 atom stereocenters. The molecule has 0 aliphatic carbocycles. The lowest BCUT2D eigenvalue weighted by molar-refractivity contribution is 0.0931. The fraction of sp³-hybridized carbons (Fsp3) is 0.667. The number of aromatic amines is 1. The van der Waals surface area contributed by atoms with Crippen molar-refractivity contribution in [1.82, 2.24) is 9.78 Å². The molecule has 1 aromatic heterocycles. The van der Waals surface area contributed by atoms with Crippen molar-refractivity contribution in [2.24, 2.45) is 0 Å². The Morgan fingerprint density at radius 1 is 1.77 bits per heavy atom. The highest BCUT2D eigenvalue weighted by molar-refractivity contribution is 4.95. The third-order valence-electron chi connectivity index (χ3n) is 2.33. The minimum atomic E-state index is 0.0352. The number of H-pyrrole nitrogens is 1. The highest BCUT2D eigenvalue weighted by Crippen LogP contribution is 2.12. The predicted octanol–water partition coefficient (Wildman–Crippen LogP) is 0.664. The summed E-state index contributed by atoms with van der Waals surface area (Å²) in [6.45, 7) is 3.37. The summed E-state index contributed by atoms with van der Waals surface area (Å²) in [5.74, 6) is 0. The third-order valence-corrected chi connectivity index (χ3v) is 2.33. The van der Waals surface area contributed by atoms with E-state index < -0.39 is 0 Å². The molecule has 1 N–H and O–H groups in total. The summed E-state index contributed by atoms with van der Waals surface area (Å²) in [5, 5.41) is 3.00. The molecule has 0 bridgehead atoms. The lowest BCUT2D eigenvalue weighted by atomic mass is 10.2. The number of aryl methyl sites for hydroxylation is 1. The molecular weight excluding hydrogens is 168 g/mol. The molecule has 72 valence electrons. The summed E-state index contributed by atoms with van der Waals surface area (Å²) in [5.41, 5.74) is 0.941. The van der Waals surface area contributed by atoms with Crippen LogP contribution in [0.15, 0.2) is 10.9 Å². The standard InChI is InChI=1S/C9H14N2O2/c1-7-5-9(12)11(10-7)6-8-3-2-4-13-8/h5,8,10H,2-4,6H2,1H3/t8-/m0/s1. The molecule has 4 heteroatoms. The highest BCUT2D eigenvalue weighted by Gasteiger charge is 2.16. The zero-order valence-corrected chi connectivity index (χ0v) is 7.75. The average molecular weight is 182 g/mol. The first-order valence-electron chi connectivity index (χ1n) is 4.64. The SMILES string of the molecule is Cc1cc(=O)n(C[C@@H]2CCCO2)[nH]1. The smallest absolute Gasteiger partial charge is 0.266 e. The van der Waals surface area contributed by atoms with Crippen LogP contribution in [0.25, 0.3) is 0 Å². The number of ether oxygens (including phenoxy) is 1. The third kappa shape index (κ3) is 1.83. The number of rotatable bonds is 2. The molecule has 0 spiro atoms. The number of aromatic nitrogens is 2. The zero-order valence-electron chi connectivity index (χ0n) is 7.75. The van der Waals surface area contributed by atoms with E-state index in [0.717, 1.165) is 25.1 Å². The molecule has 0 radical (unpaired) electrons. The molecule has 2 heterocycles. The van der Waals surface area contributed by atoms with E-state index in [1.54, 1.807) is 10.7 Å². The van der Waals surface area contributed by atoms with E-state index in [-0.39, 0.29) is 11.7 Å². The summed E-state index contributed by atoms with van der Waals surface area (Å²) in [6, 6.07) is 1.61. The second kappa shape index (κ2) is 3.38. The Bertz CT molecular complexity index is 334. The fourth-order valence-corrected chi connectivity index (χ4v) is 1.69. The van der Waals surface area contributed by atoms with E-state index >= 15 is 0 Å². The van der Waals surface area contributed by atoms with E-state index in [2.05, 4.69) is 5.10 Å². The maximum absolute atomic E-state index is 11.3.